The van der Waals surface area contributed by atoms with E-state index in [0.29, 0.717) is 0 Å². The highest BCUT2D eigenvalue weighted by molar-refractivity contribution is 6.34. The average molecular weight is 394 g/mol. The number of hydrogen-bond acceptors (Lipinski definition) is 2. The Balaban J connectivity index is 1.88. The zero-order valence-corrected chi connectivity index (χ0v) is 20.4. The fourth-order valence-electron chi connectivity index (χ4n) is 6.22. The van der Waals surface area contributed by atoms with Crippen LogP contribution in [-0.2, 0) is 13.1 Å². The average Bonchev–Trinajstić information content (AvgIpc) is 2.56. The van der Waals surface area contributed by atoms with Gasteiger partial charge in [-0.1, -0.05) is 23.7 Å². The summed E-state index contributed by atoms with van der Waals surface area (Å²) in [5, 5.41) is 0. The van der Waals surface area contributed by atoms with E-state index in [-0.39, 0.29) is 22.2 Å². The van der Waals surface area contributed by atoms with Crippen molar-refractivity contribution in [3.05, 3.63) is 29.3 Å². The van der Waals surface area contributed by atoms with Crippen molar-refractivity contribution in [1.29, 1.82) is 0 Å². The zero-order chi connectivity index (χ0) is 21.7. The fourth-order valence-corrected chi connectivity index (χ4v) is 6.22. The van der Waals surface area contributed by atoms with Gasteiger partial charge in [0.05, 0.1) is 0 Å². The molecular weight excluding hydrogens is 351 g/mol. The molecule has 0 aromatic heterocycles. The molecule has 0 saturated carbocycles. The van der Waals surface area contributed by atoms with Gasteiger partial charge in [-0.15, -0.1) is 0 Å². The first-order chi connectivity index (χ1) is 13.3. The molecule has 3 heteroatoms. The van der Waals surface area contributed by atoms with Gasteiger partial charge in [0.1, 0.15) is 7.85 Å². The first-order valence-electron chi connectivity index (χ1n) is 11.7. The van der Waals surface area contributed by atoms with E-state index < -0.39 is 0 Å². The summed E-state index contributed by atoms with van der Waals surface area (Å²) in [6, 6.07) is 6.70. The fraction of sp³-hybridized carbons (Fsp3) is 0.769. The zero-order valence-electron chi connectivity index (χ0n) is 20.4. The van der Waals surface area contributed by atoms with Crippen LogP contribution in [0.5, 0.6) is 0 Å². The molecule has 0 bridgehead atoms. The normalized spacial score (nSPS) is 26.3. The van der Waals surface area contributed by atoms with Gasteiger partial charge in [0.2, 0.25) is 0 Å². The van der Waals surface area contributed by atoms with Crippen LogP contribution in [0.15, 0.2) is 18.2 Å². The standard InChI is InChI=1S/C26H43BN2/c1-23(2)14-10-15-24(3,4)28(23)18-20-12-9-13-21(22(20)27)19-29-25(5,6)16-11-17-26(29,7)8/h9,12-13H,10-11,14-19H2,1-8H3. The Bertz CT molecular complexity index is 642. The predicted octanol–water partition coefficient (Wildman–Crippen LogP) is 5.57. The molecule has 29 heavy (non-hydrogen) atoms. The highest BCUT2D eigenvalue weighted by Gasteiger charge is 2.42. The van der Waals surface area contributed by atoms with E-state index in [0.717, 1.165) is 18.6 Å². The van der Waals surface area contributed by atoms with Crippen molar-refractivity contribution < 1.29 is 0 Å². The molecular formula is C26H43BN2. The van der Waals surface area contributed by atoms with E-state index in [1.807, 2.05) is 0 Å². The molecule has 1 aromatic rings. The molecule has 0 amide bonds. The Hall–Kier alpha value is -0.795. The molecule has 0 unspecified atom stereocenters. The number of hydrogen-bond donors (Lipinski definition) is 0. The lowest BCUT2D eigenvalue weighted by Crippen LogP contribution is -2.58. The maximum absolute atomic E-state index is 6.82. The van der Waals surface area contributed by atoms with Crippen molar-refractivity contribution in [2.45, 2.75) is 129 Å². The second-order valence-corrected chi connectivity index (χ2v) is 12.1. The highest BCUT2D eigenvalue weighted by Crippen LogP contribution is 2.40. The molecule has 2 nitrogen and oxygen atoms in total. The van der Waals surface area contributed by atoms with Crippen LogP contribution in [0.4, 0.5) is 0 Å². The third kappa shape index (κ3) is 4.61. The van der Waals surface area contributed by atoms with Gasteiger partial charge < -0.3 is 0 Å². The molecule has 160 valence electrons. The lowest BCUT2D eigenvalue weighted by molar-refractivity contribution is -0.0348. The number of likely N-dealkylation sites (tertiary alicyclic amines) is 2. The van der Waals surface area contributed by atoms with Crippen molar-refractivity contribution in [2.24, 2.45) is 0 Å². The number of piperidine rings is 2. The Kier molecular flexibility index (Phi) is 6.09. The third-order valence-corrected chi connectivity index (χ3v) is 8.02. The van der Waals surface area contributed by atoms with Crippen LogP contribution in [0.3, 0.4) is 0 Å². The van der Waals surface area contributed by atoms with Crippen LogP contribution in [-0.4, -0.2) is 39.8 Å². The van der Waals surface area contributed by atoms with E-state index in [9.17, 15) is 0 Å². The van der Waals surface area contributed by atoms with Crippen molar-refractivity contribution in [2.75, 3.05) is 0 Å². The maximum atomic E-state index is 6.82. The summed E-state index contributed by atoms with van der Waals surface area (Å²) < 4.78 is 0. The van der Waals surface area contributed by atoms with E-state index in [1.165, 1.54) is 49.7 Å². The monoisotopic (exact) mass is 394 g/mol. The molecule has 2 fully saturated rings. The van der Waals surface area contributed by atoms with E-state index in [2.05, 4.69) is 83.4 Å². The van der Waals surface area contributed by atoms with E-state index in [4.69, 9.17) is 7.85 Å². The third-order valence-electron chi connectivity index (χ3n) is 8.02. The van der Waals surface area contributed by atoms with Crippen molar-refractivity contribution in [3.63, 3.8) is 0 Å². The molecule has 0 spiro atoms. The smallest absolute Gasteiger partial charge is 0.114 e. The van der Waals surface area contributed by atoms with Crippen molar-refractivity contribution in [3.8, 4) is 0 Å². The molecule has 2 heterocycles. The first-order valence-corrected chi connectivity index (χ1v) is 11.7. The summed E-state index contributed by atoms with van der Waals surface area (Å²) in [6.45, 7) is 21.0. The summed E-state index contributed by atoms with van der Waals surface area (Å²) in [5.74, 6) is 0. The molecule has 0 atom stereocenters. The molecule has 1 aromatic carbocycles. The molecule has 0 aliphatic carbocycles. The summed E-state index contributed by atoms with van der Waals surface area (Å²) in [4.78, 5) is 5.38. The van der Waals surface area contributed by atoms with Gasteiger partial charge >= 0.3 is 0 Å². The number of benzene rings is 1. The van der Waals surface area contributed by atoms with Crippen molar-refractivity contribution >= 4 is 13.3 Å². The largest absolute Gasteiger partial charge is 0.289 e. The van der Waals surface area contributed by atoms with Gasteiger partial charge in [-0.2, -0.15) is 0 Å². The van der Waals surface area contributed by atoms with Crippen LogP contribution in [0.2, 0.25) is 0 Å². The van der Waals surface area contributed by atoms with Gasteiger partial charge in [0.15, 0.2) is 0 Å². The number of rotatable bonds is 4. The molecule has 2 aliphatic heterocycles. The first kappa shape index (κ1) is 22.9. The van der Waals surface area contributed by atoms with Crippen LogP contribution < -0.4 is 5.46 Å². The van der Waals surface area contributed by atoms with Crippen molar-refractivity contribution in [1.82, 2.24) is 9.80 Å². The predicted molar refractivity (Wildman–Crippen MR) is 127 cm³/mol. The van der Waals surface area contributed by atoms with Crippen LogP contribution in [0, 0.1) is 0 Å². The van der Waals surface area contributed by atoms with E-state index in [1.54, 1.807) is 0 Å². The Labute approximate surface area is 181 Å². The number of nitrogens with zero attached hydrogens (tertiary/aromatic N) is 2. The summed E-state index contributed by atoms with van der Waals surface area (Å²) in [5.41, 5.74) is 4.42. The van der Waals surface area contributed by atoms with Gasteiger partial charge in [-0.05, 0) is 105 Å². The molecule has 3 rings (SSSR count). The van der Waals surface area contributed by atoms with Gasteiger partial charge in [-0.3, -0.25) is 9.80 Å². The summed E-state index contributed by atoms with van der Waals surface area (Å²) in [7, 11) is 6.82. The van der Waals surface area contributed by atoms with Crippen LogP contribution >= 0.6 is 0 Å². The second kappa shape index (κ2) is 7.72. The second-order valence-electron chi connectivity index (χ2n) is 12.1. The highest BCUT2D eigenvalue weighted by atomic mass is 15.3. The van der Waals surface area contributed by atoms with Crippen LogP contribution in [0.25, 0.3) is 0 Å². The molecule has 2 radical (unpaired) electrons. The SMILES string of the molecule is [B]c1c(CN2C(C)(C)CCCC2(C)C)cccc1CN1C(C)(C)CCCC1(C)C. The molecule has 0 N–H and O–H groups in total. The molecule has 2 saturated heterocycles. The minimum atomic E-state index is 0.209. The summed E-state index contributed by atoms with van der Waals surface area (Å²) >= 11 is 0. The maximum Gasteiger partial charge on any atom is 0.114 e. The van der Waals surface area contributed by atoms with Crippen LogP contribution in [0.1, 0.15) is 105 Å². The lowest BCUT2D eigenvalue weighted by atomic mass is 9.77. The molecule has 2 aliphatic rings. The summed E-state index contributed by atoms with van der Waals surface area (Å²) in [6.07, 6.45) is 7.65. The Morgan fingerprint density at radius 1 is 0.655 bits per heavy atom. The topological polar surface area (TPSA) is 6.48 Å². The Morgan fingerprint density at radius 2 is 0.966 bits per heavy atom. The lowest BCUT2D eigenvalue weighted by Gasteiger charge is -2.54. The van der Waals surface area contributed by atoms with E-state index >= 15 is 0 Å². The van der Waals surface area contributed by atoms with Gasteiger partial charge in [-0.25, -0.2) is 0 Å². The quantitative estimate of drug-likeness (QED) is 0.617. The Morgan fingerprint density at radius 3 is 1.28 bits per heavy atom. The van der Waals surface area contributed by atoms with Gasteiger partial charge in [0, 0.05) is 35.2 Å². The minimum Gasteiger partial charge on any atom is -0.289 e. The minimum absolute atomic E-state index is 0.209. The van der Waals surface area contributed by atoms with Gasteiger partial charge in [0.25, 0.3) is 0 Å².